The number of hydrogen-bond donors (Lipinski definition) is 1. The molecular weight excluding hydrogens is 803 g/mol. The number of aromatic hydroxyl groups is 1. The Hall–Kier alpha value is -7.82. The van der Waals surface area contributed by atoms with Gasteiger partial charge in [-0.05, 0) is 154 Å². The number of fused-ring (bicyclic) bond motifs is 1. The van der Waals surface area contributed by atoms with Gasteiger partial charge in [-0.1, -0.05) is 154 Å². The summed E-state index contributed by atoms with van der Waals surface area (Å²) in [4.78, 5) is 10.4. The van der Waals surface area contributed by atoms with E-state index >= 15 is 0 Å². The summed E-state index contributed by atoms with van der Waals surface area (Å²) in [7, 11) is 0. The Morgan fingerprint density at radius 3 is 1.86 bits per heavy atom. The lowest BCUT2D eigenvalue weighted by Gasteiger charge is -2.21. The lowest BCUT2D eigenvalue weighted by Crippen LogP contribution is -2.10. The van der Waals surface area contributed by atoms with Crippen LogP contribution >= 0.6 is 0 Å². The van der Waals surface area contributed by atoms with E-state index in [2.05, 4.69) is 63.2 Å². The van der Waals surface area contributed by atoms with Crippen molar-refractivity contribution < 1.29 is 13.3 Å². The molecule has 8 aromatic carbocycles. The molecule has 0 saturated carbocycles. The topological polar surface area (TPSA) is 50.9 Å². The maximum atomic E-state index is 12.0. The van der Waals surface area contributed by atoms with Crippen molar-refractivity contribution in [2.45, 2.75) is 53.7 Å². The Morgan fingerprint density at radius 2 is 1.15 bits per heavy atom. The van der Waals surface area contributed by atoms with Crippen LogP contribution in [0, 0.1) is 27.6 Å². The summed E-state index contributed by atoms with van der Waals surface area (Å²) in [5.74, 6) is 0.537. The van der Waals surface area contributed by atoms with Crippen LogP contribution in [0.3, 0.4) is 0 Å². The van der Waals surface area contributed by atoms with Gasteiger partial charge in [-0.25, -0.2) is 4.98 Å². The fraction of sp³-hybridized carbons (Fsp3) is 0.129. The quantitative estimate of drug-likeness (QED) is 0.166. The van der Waals surface area contributed by atoms with Crippen molar-refractivity contribution in [3.63, 3.8) is 0 Å². The average molecular weight is 862 g/mol. The molecule has 0 aliphatic rings. The lowest BCUT2D eigenvalue weighted by molar-refractivity contribution is 0.472. The Bertz CT molecular complexity index is 3650. The van der Waals surface area contributed by atoms with E-state index in [-0.39, 0.29) is 22.3 Å². The Labute approximate surface area is 397 Å². The van der Waals surface area contributed by atoms with Crippen LogP contribution in [0.15, 0.2) is 188 Å². The Kier molecular flexibility index (Phi) is 9.12. The highest BCUT2D eigenvalue weighted by Crippen LogP contribution is 2.44. The fourth-order valence-electron chi connectivity index (χ4n) is 9.06. The van der Waals surface area contributed by atoms with Crippen molar-refractivity contribution in [1.82, 2.24) is 14.5 Å². The van der Waals surface area contributed by atoms with Gasteiger partial charge in [0.2, 0.25) is 0 Å². The maximum Gasteiger partial charge on any atom is 0.149 e. The first kappa shape index (κ1) is 35.5. The molecule has 10 aromatic rings. The third kappa shape index (κ3) is 8.01. The van der Waals surface area contributed by atoms with Crippen LogP contribution in [0.2, 0.25) is 0 Å². The summed E-state index contributed by atoms with van der Waals surface area (Å²) in [6, 6.07) is 59.3. The van der Waals surface area contributed by atoms with Gasteiger partial charge in [-0.3, -0.25) is 9.55 Å². The number of aryl methyl sites for hydroxylation is 4. The second kappa shape index (κ2) is 17.0. The van der Waals surface area contributed by atoms with Crippen molar-refractivity contribution in [3.05, 3.63) is 216 Å². The molecule has 4 nitrogen and oxygen atoms in total. The van der Waals surface area contributed by atoms with E-state index in [1.807, 2.05) is 140 Å². The second-order valence-corrected chi connectivity index (χ2v) is 18.2. The van der Waals surface area contributed by atoms with Crippen molar-refractivity contribution in [1.29, 1.82) is 0 Å². The van der Waals surface area contributed by atoms with Gasteiger partial charge in [-0.15, -0.1) is 0 Å². The lowest BCUT2D eigenvalue weighted by atomic mass is 9.85. The number of phenolic OH excluding ortho intramolecular Hbond substituents is 1. The van der Waals surface area contributed by atoms with Gasteiger partial charge in [0, 0.05) is 31.1 Å². The molecule has 1 N–H and O–H groups in total. The van der Waals surface area contributed by atoms with E-state index in [1.165, 1.54) is 0 Å². The number of phenols is 1. The van der Waals surface area contributed by atoms with Gasteiger partial charge >= 0.3 is 0 Å². The molecule has 4 heteroatoms. The van der Waals surface area contributed by atoms with E-state index in [9.17, 15) is 5.11 Å². The van der Waals surface area contributed by atoms with Crippen molar-refractivity contribution in [2.24, 2.45) is 0 Å². The summed E-state index contributed by atoms with van der Waals surface area (Å²) in [5, 5.41) is 12.0. The van der Waals surface area contributed by atoms with E-state index < -0.39 is 13.7 Å². The highest BCUT2D eigenvalue weighted by atomic mass is 16.3. The van der Waals surface area contributed by atoms with E-state index in [0.717, 1.165) is 72.5 Å². The number of benzene rings is 8. The van der Waals surface area contributed by atoms with Crippen LogP contribution in [0.5, 0.6) is 5.75 Å². The SMILES string of the molecule is [2H]C([2H])([2H])c1ccc(-c2ccnc(-c3cc(-c4ccccc4)cc(-c4cccc5c4nc(-c4cc(C)cc(C)c4O)n5-c4cc(C([2H])([2H])[2H])c(-c5ccc(C(C)(C)C)cc5)cc4-c4ccccc4)c3)c2)cc1. The maximum absolute atomic E-state index is 12.0. The third-order valence-corrected chi connectivity index (χ3v) is 12.5. The largest absolute Gasteiger partial charge is 0.507 e. The number of hydrogen-bond acceptors (Lipinski definition) is 3. The molecule has 2 heterocycles. The molecule has 2 aromatic heterocycles. The molecule has 66 heavy (non-hydrogen) atoms. The molecule has 0 unspecified atom stereocenters. The van der Waals surface area contributed by atoms with Gasteiger partial charge in [0.25, 0.3) is 0 Å². The van der Waals surface area contributed by atoms with E-state index in [0.29, 0.717) is 39.2 Å². The summed E-state index contributed by atoms with van der Waals surface area (Å²) >= 11 is 0. The van der Waals surface area contributed by atoms with Gasteiger partial charge in [0.05, 0.1) is 28.0 Å². The summed E-state index contributed by atoms with van der Waals surface area (Å²) in [6.45, 7) is 5.63. The molecule has 0 radical (unpaired) electrons. The summed E-state index contributed by atoms with van der Waals surface area (Å²) in [6.07, 6.45) is 1.77. The zero-order valence-corrected chi connectivity index (χ0v) is 37.7. The van der Waals surface area contributed by atoms with Crippen LogP contribution < -0.4 is 0 Å². The molecule has 0 fully saturated rings. The number of nitrogens with zero attached hydrogens (tertiary/aromatic N) is 3. The summed E-state index contributed by atoms with van der Waals surface area (Å²) in [5.41, 5.74) is 15.7. The van der Waals surface area contributed by atoms with Crippen LogP contribution in [-0.2, 0) is 5.41 Å². The first-order chi connectivity index (χ1) is 34.3. The predicted molar refractivity (Wildman–Crippen MR) is 276 cm³/mol. The minimum Gasteiger partial charge on any atom is -0.507 e. The molecule has 0 amide bonds. The smallest absolute Gasteiger partial charge is 0.149 e. The molecule has 10 rings (SSSR count). The van der Waals surface area contributed by atoms with Crippen LogP contribution in [0.4, 0.5) is 0 Å². The number of aromatic nitrogens is 3. The first-order valence-electron chi connectivity index (χ1n) is 25.3. The molecule has 0 bridgehead atoms. The van der Waals surface area contributed by atoms with Crippen molar-refractivity contribution in [2.75, 3.05) is 0 Å². The minimum absolute atomic E-state index is 0.0823. The van der Waals surface area contributed by atoms with Crippen molar-refractivity contribution in [3.8, 4) is 89.7 Å². The zero-order chi connectivity index (χ0) is 50.7. The second-order valence-electron chi connectivity index (χ2n) is 18.2. The van der Waals surface area contributed by atoms with Crippen LogP contribution in [0.1, 0.15) is 56.8 Å². The first-order valence-corrected chi connectivity index (χ1v) is 22.3. The number of rotatable bonds is 8. The molecule has 0 aliphatic heterocycles. The molecule has 0 spiro atoms. The number of imidazole rings is 1. The van der Waals surface area contributed by atoms with Gasteiger partial charge in [0.15, 0.2) is 0 Å². The van der Waals surface area contributed by atoms with Crippen molar-refractivity contribution >= 4 is 11.0 Å². The van der Waals surface area contributed by atoms with E-state index in [1.54, 1.807) is 24.4 Å². The molecule has 0 atom stereocenters. The predicted octanol–water partition coefficient (Wildman–Crippen LogP) is 16.3. The van der Waals surface area contributed by atoms with Crippen LogP contribution in [0.25, 0.3) is 95.0 Å². The third-order valence-electron chi connectivity index (χ3n) is 12.5. The fourth-order valence-corrected chi connectivity index (χ4v) is 9.06. The Morgan fingerprint density at radius 1 is 0.485 bits per heavy atom. The summed E-state index contributed by atoms with van der Waals surface area (Å²) < 4.78 is 52.7. The average Bonchev–Trinajstić information content (AvgIpc) is 3.76. The molecule has 322 valence electrons. The monoisotopic (exact) mass is 861 g/mol. The normalized spacial score (nSPS) is 13.3. The zero-order valence-electron chi connectivity index (χ0n) is 43.7. The highest BCUT2D eigenvalue weighted by molar-refractivity contribution is 5.99. The van der Waals surface area contributed by atoms with Gasteiger partial charge in [-0.2, -0.15) is 0 Å². The van der Waals surface area contributed by atoms with Gasteiger partial charge in [0.1, 0.15) is 11.6 Å². The van der Waals surface area contributed by atoms with E-state index in [4.69, 9.17) is 18.2 Å². The minimum atomic E-state index is -2.51. The van der Waals surface area contributed by atoms with Crippen LogP contribution in [-0.4, -0.2) is 19.6 Å². The van der Waals surface area contributed by atoms with Gasteiger partial charge < -0.3 is 5.11 Å². The molecular formula is C62H53N3O. The molecule has 0 saturated heterocycles. The number of para-hydroxylation sites is 1. The standard InChI is InChI=1S/C62H53N3O/c1-39-21-23-44(24-22-39)47-29-30-63-56(37-47)50-35-48(43-15-10-8-11-16-43)34-49(36-50)52-19-14-20-57-59(52)64-61(55-32-40(2)31-42(4)60(55)66)65(57)58-33-41(3)53(38-54(58)45-17-12-9-13-18-45)46-25-27-51(28-26-46)62(5,6)7/h8-38,66H,1-7H3/i1D3,3D3. The Balaban J connectivity index is 1.24. The number of pyridine rings is 1. The molecule has 0 aliphatic carbocycles. The highest BCUT2D eigenvalue weighted by Gasteiger charge is 2.25.